The zero-order valence-electron chi connectivity index (χ0n) is 18.6. The van der Waals surface area contributed by atoms with Crippen molar-refractivity contribution >= 4 is 39.3 Å². The summed E-state index contributed by atoms with van der Waals surface area (Å²) in [6, 6.07) is 19.9. The number of rotatable bonds is 4. The summed E-state index contributed by atoms with van der Waals surface area (Å²) in [6.07, 6.45) is 0. The Bertz CT molecular complexity index is 1310. The third-order valence-electron chi connectivity index (χ3n) is 6.26. The van der Waals surface area contributed by atoms with E-state index in [2.05, 4.69) is 21.4 Å². The molecule has 3 atom stereocenters. The normalized spacial score (nSPS) is 21.7. The largest absolute Gasteiger partial charge is 0.496 e. The van der Waals surface area contributed by atoms with Gasteiger partial charge in [-0.05, 0) is 48.9 Å². The van der Waals surface area contributed by atoms with E-state index in [1.165, 1.54) is 9.91 Å². The van der Waals surface area contributed by atoms with E-state index in [4.69, 9.17) is 4.74 Å². The molecule has 5 rings (SSSR count). The van der Waals surface area contributed by atoms with Crippen LogP contribution in [0.4, 0.5) is 5.69 Å². The van der Waals surface area contributed by atoms with Crippen LogP contribution in [0.1, 0.15) is 27.5 Å². The van der Waals surface area contributed by atoms with Crippen molar-refractivity contribution in [3.8, 4) is 5.75 Å². The maximum atomic E-state index is 13.7. The Balaban J connectivity index is 1.61. The Morgan fingerprint density at radius 3 is 2.47 bits per heavy atom. The number of halogens is 1. The summed E-state index contributed by atoms with van der Waals surface area (Å²) in [5, 5.41) is 1.31. The zero-order valence-corrected chi connectivity index (χ0v) is 20.2. The molecular formula is C26H22BrN3O4. The van der Waals surface area contributed by atoms with Gasteiger partial charge in [0, 0.05) is 15.6 Å². The number of aryl methyl sites for hydroxylation is 1. The van der Waals surface area contributed by atoms with Crippen LogP contribution in [0.3, 0.4) is 0 Å². The molecule has 0 bridgehead atoms. The maximum absolute atomic E-state index is 13.7. The molecule has 172 valence electrons. The Morgan fingerprint density at radius 1 is 0.971 bits per heavy atom. The summed E-state index contributed by atoms with van der Waals surface area (Å²) in [4.78, 5) is 42.2. The third-order valence-corrected chi connectivity index (χ3v) is 6.75. The first kappa shape index (κ1) is 22.3. The number of methoxy groups -OCH3 is 1. The fourth-order valence-corrected chi connectivity index (χ4v) is 5.14. The van der Waals surface area contributed by atoms with Crippen LogP contribution in [0, 0.1) is 12.8 Å². The van der Waals surface area contributed by atoms with Crippen molar-refractivity contribution in [3.05, 3.63) is 94.0 Å². The minimum absolute atomic E-state index is 0.353. The molecule has 3 aromatic rings. The number of hydrogen-bond acceptors (Lipinski definition) is 5. The minimum Gasteiger partial charge on any atom is -0.496 e. The van der Waals surface area contributed by atoms with Gasteiger partial charge in [-0.2, -0.15) is 0 Å². The van der Waals surface area contributed by atoms with Gasteiger partial charge in [-0.1, -0.05) is 52.3 Å². The van der Waals surface area contributed by atoms with Crippen LogP contribution < -0.4 is 15.1 Å². The van der Waals surface area contributed by atoms with E-state index in [1.807, 2.05) is 37.3 Å². The molecule has 0 aromatic heterocycles. The van der Waals surface area contributed by atoms with Gasteiger partial charge in [0.1, 0.15) is 11.8 Å². The van der Waals surface area contributed by atoms with Gasteiger partial charge >= 0.3 is 0 Å². The molecule has 2 fully saturated rings. The highest BCUT2D eigenvalue weighted by atomic mass is 79.9. The summed E-state index contributed by atoms with van der Waals surface area (Å²) in [5.74, 6) is -1.41. The van der Waals surface area contributed by atoms with E-state index < -0.39 is 23.9 Å². The number of amides is 3. The van der Waals surface area contributed by atoms with E-state index >= 15 is 0 Å². The SMILES string of the molecule is COc1ccccc1C1NN(C(=O)c2cccc(Br)c2)C2C(=O)N(c3cccc(C)c3)C(=O)C12. The van der Waals surface area contributed by atoms with E-state index in [-0.39, 0.29) is 11.8 Å². The summed E-state index contributed by atoms with van der Waals surface area (Å²) in [7, 11) is 1.55. The number of nitrogens with zero attached hydrogens (tertiary/aromatic N) is 2. The smallest absolute Gasteiger partial charge is 0.268 e. The molecular weight excluding hydrogens is 498 g/mol. The first-order chi connectivity index (χ1) is 16.4. The van der Waals surface area contributed by atoms with E-state index in [1.54, 1.807) is 49.6 Å². The van der Waals surface area contributed by atoms with Crippen LogP contribution >= 0.6 is 15.9 Å². The van der Waals surface area contributed by atoms with Crippen LogP contribution in [0.15, 0.2) is 77.3 Å². The number of para-hydroxylation sites is 1. The Kier molecular flexibility index (Phi) is 5.71. The van der Waals surface area contributed by atoms with Crippen molar-refractivity contribution in [1.29, 1.82) is 0 Å². The zero-order chi connectivity index (χ0) is 24.0. The average Bonchev–Trinajstić information content (AvgIpc) is 3.35. The second-order valence-corrected chi connectivity index (χ2v) is 9.27. The first-order valence-corrected chi connectivity index (χ1v) is 11.6. The van der Waals surface area contributed by atoms with Gasteiger partial charge in [0.05, 0.1) is 24.8 Å². The van der Waals surface area contributed by atoms with Gasteiger partial charge in [0.25, 0.3) is 11.8 Å². The van der Waals surface area contributed by atoms with E-state index in [9.17, 15) is 14.4 Å². The molecule has 2 saturated heterocycles. The number of ether oxygens (including phenoxy) is 1. The average molecular weight is 520 g/mol. The highest BCUT2D eigenvalue weighted by Crippen LogP contribution is 2.44. The van der Waals surface area contributed by atoms with Gasteiger partial charge in [-0.15, -0.1) is 0 Å². The highest BCUT2D eigenvalue weighted by molar-refractivity contribution is 9.10. The number of anilines is 1. The number of carbonyl (C=O) groups excluding carboxylic acids is 3. The van der Waals surface area contributed by atoms with Crippen molar-refractivity contribution in [2.75, 3.05) is 12.0 Å². The van der Waals surface area contributed by atoms with Crippen molar-refractivity contribution < 1.29 is 19.1 Å². The summed E-state index contributed by atoms with van der Waals surface area (Å²) < 4.78 is 6.27. The lowest BCUT2D eigenvalue weighted by Gasteiger charge is -2.25. The molecule has 1 N–H and O–H groups in total. The van der Waals surface area contributed by atoms with Crippen LogP contribution in [0.2, 0.25) is 0 Å². The molecule has 8 heteroatoms. The lowest BCUT2D eigenvalue weighted by atomic mass is 9.90. The molecule has 0 spiro atoms. The van der Waals surface area contributed by atoms with Crippen LogP contribution in [0.25, 0.3) is 0 Å². The lowest BCUT2D eigenvalue weighted by molar-refractivity contribution is -0.123. The van der Waals surface area contributed by atoms with Crippen LogP contribution in [-0.2, 0) is 9.59 Å². The Labute approximate surface area is 205 Å². The Morgan fingerprint density at radius 2 is 1.74 bits per heavy atom. The molecule has 2 aliphatic rings. The highest BCUT2D eigenvalue weighted by Gasteiger charge is 2.60. The minimum atomic E-state index is -0.991. The van der Waals surface area contributed by atoms with Crippen molar-refractivity contribution in [2.24, 2.45) is 5.92 Å². The van der Waals surface area contributed by atoms with E-state index in [0.717, 1.165) is 10.0 Å². The van der Waals surface area contributed by atoms with E-state index in [0.29, 0.717) is 22.6 Å². The van der Waals surface area contributed by atoms with Gasteiger partial charge in [-0.25, -0.2) is 10.3 Å². The molecule has 0 saturated carbocycles. The monoisotopic (exact) mass is 519 g/mol. The van der Waals surface area contributed by atoms with Crippen molar-refractivity contribution in [3.63, 3.8) is 0 Å². The van der Waals surface area contributed by atoms with Crippen molar-refractivity contribution in [2.45, 2.75) is 19.0 Å². The molecule has 7 nitrogen and oxygen atoms in total. The van der Waals surface area contributed by atoms with Crippen LogP contribution in [-0.4, -0.2) is 35.9 Å². The molecule has 3 aromatic carbocycles. The molecule has 2 heterocycles. The number of fused-ring (bicyclic) bond motifs is 1. The quantitative estimate of drug-likeness (QED) is 0.526. The first-order valence-electron chi connectivity index (χ1n) is 10.8. The van der Waals surface area contributed by atoms with Gasteiger partial charge in [-0.3, -0.25) is 19.4 Å². The topological polar surface area (TPSA) is 79.0 Å². The summed E-state index contributed by atoms with van der Waals surface area (Å²) in [5.41, 5.74) is 5.70. The summed E-state index contributed by atoms with van der Waals surface area (Å²) >= 11 is 3.39. The number of nitrogens with one attached hydrogen (secondary N) is 1. The molecule has 2 aliphatic heterocycles. The Hall–Kier alpha value is -3.49. The molecule has 34 heavy (non-hydrogen) atoms. The molecule has 3 unspecified atom stereocenters. The number of imide groups is 1. The molecule has 0 aliphatic carbocycles. The number of hydrazine groups is 1. The second-order valence-electron chi connectivity index (χ2n) is 8.36. The number of benzene rings is 3. The molecule has 3 amide bonds. The maximum Gasteiger partial charge on any atom is 0.268 e. The molecule has 0 radical (unpaired) electrons. The predicted octanol–water partition coefficient (Wildman–Crippen LogP) is 4.03. The van der Waals surface area contributed by atoms with Gasteiger partial charge in [0.15, 0.2) is 0 Å². The van der Waals surface area contributed by atoms with Gasteiger partial charge < -0.3 is 4.74 Å². The number of carbonyl (C=O) groups is 3. The summed E-state index contributed by atoms with van der Waals surface area (Å²) in [6.45, 7) is 1.90. The standard InChI is InChI=1S/C26H22BrN3O4/c1-15-7-5-10-18(13-15)29-25(32)21-22(19-11-3-4-12-20(19)34-2)28-30(23(21)26(29)33)24(31)16-8-6-9-17(27)14-16/h3-14,21-23,28H,1-2H3. The van der Waals surface area contributed by atoms with Crippen molar-refractivity contribution in [1.82, 2.24) is 10.4 Å². The van der Waals surface area contributed by atoms with Crippen LogP contribution in [0.5, 0.6) is 5.75 Å². The van der Waals surface area contributed by atoms with Gasteiger partial charge in [0.2, 0.25) is 5.91 Å². The lowest BCUT2D eigenvalue weighted by Crippen LogP contribution is -2.48. The third kappa shape index (κ3) is 3.59. The fraction of sp³-hybridized carbons (Fsp3) is 0.192. The predicted molar refractivity (Wildman–Crippen MR) is 130 cm³/mol. The second kappa shape index (κ2) is 8.70. The number of hydrogen-bond donors (Lipinski definition) is 1. The fourth-order valence-electron chi connectivity index (χ4n) is 4.74.